The smallest absolute Gasteiger partial charge is 0.349 e. The highest BCUT2D eigenvalue weighted by Gasteiger charge is 2.21. The van der Waals surface area contributed by atoms with Crippen LogP contribution in [0.15, 0.2) is 39.5 Å². The van der Waals surface area contributed by atoms with Crippen molar-refractivity contribution in [2.24, 2.45) is 0 Å². The fourth-order valence-corrected chi connectivity index (χ4v) is 2.14. The number of para-hydroxylation sites is 1. The molecule has 1 N–H and O–H groups in total. The number of nitrogens with one attached hydrogen (secondary N) is 1. The molecule has 0 saturated heterocycles. The number of carbonyl (C=O) groups excluding carboxylic acids is 2. The van der Waals surface area contributed by atoms with Gasteiger partial charge < -0.3 is 14.6 Å². The summed E-state index contributed by atoms with van der Waals surface area (Å²) in [5.74, 6) is -0.767. The first-order chi connectivity index (χ1) is 10.6. The van der Waals surface area contributed by atoms with E-state index in [1.54, 1.807) is 38.1 Å². The van der Waals surface area contributed by atoms with Gasteiger partial charge in [0.15, 0.2) is 0 Å². The lowest BCUT2D eigenvalue weighted by molar-refractivity contribution is -0.121. The van der Waals surface area contributed by atoms with E-state index in [0.29, 0.717) is 24.1 Å². The monoisotopic (exact) mass is 302 g/mol. The number of hydrogen-bond acceptors (Lipinski definition) is 4. The Bertz CT molecular complexity index is 751. The number of carbonyl (C=O) groups is 2. The van der Waals surface area contributed by atoms with Gasteiger partial charge in [0.25, 0.3) is 5.91 Å². The molecule has 1 heterocycles. The lowest BCUT2D eigenvalue weighted by Crippen LogP contribution is -2.41. The summed E-state index contributed by atoms with van der Waals surface area (Å²) in [6, 6.07) is 8.47. The molecule has 2 rings (SSSR count). The van der Waals surface area contributed by atoms with Crippen molar-refractivity contribution < 1.29 is 14.0 Å². The topological polar surface area (TPSA) is 79.6 Å². The summed E-state index contributed by atoms with van der Waals surface area (Å²) >= 11 is 0. The van der Waals surface area contributed by atoms with Gasteiger partial charge in [-0.25, -0.2) is 4.79 Å². The Balaban J connectivity index is 2.32. The molecule has 0 unspecified atom stereocenters. The van der Waals surface area contributed by atoms with Gasteiger partial charge in [-0.15, -0.1) is 0 Å². The Hall–Kier alpha value is -2.63. The quantitative estimate of drug-likeness (QED) is 0.846. The van der Waals surface area contributed by atoms with E-state index in [-0.39, 0.29) is 18.0 Å². The standard InChI is InChI=1S/C16H18N2O4/c1-3-17-14(19)10-18(4-2)15(20)12-9-11-7-5-6-8-13(11)22-16(12)21/h5-9H,3-4,10H2,1-2H3,(H,17,19). The summed E-state index contributed by atoms with van der Waals surface area (Å²) in [5, 5.41) is 3.29. The summed E-state index contributed by atoms with van der Waals surface area (Å²) in [6.07, 6.45) is 0. The minimum Gasteiger partial charge on any atom is -0.422 e. The molecule has 0 radical (unpaired) electrons. The molecule has 6 nitrogen and oxygen atoms in total. The molecule has 0 aliphatic carbocycles. The zero-order chi connectivity index (χ0) is 16.1. The minimum absolute atomic E-state index is 0.0650. The molecule has 6 heteroatoms. The second-order valence-corrected chi connectivity index (χ2v) is 4.76. The molecule has 0 aliphatic rings. The molecule has 0 aliphatic heterocycles. The first-order valence-electron chi connectivity index (χ1n) is 7.15. The van der Waals surface area contributed by atoms with Crippen molar-refractivity contribution in [3.8, 4) is 0 Å². The Kier molecular flexibility index (Phi) is 4.93. The third-order valence-electron chi connectivity index (χ3n) is 3.25. The maximum atomic E-state index is 12.5. The number of amides is 2. The Labute approximate surface area is 127 Å². The molecule has 0 spiro atoms. The van der Waals surface area contributed by atoms with Crippen molar-refractivity contribution in [3.63, 3.8) is 0 Å². The summed E-state index contributed by atoms with van der Waals surface area (Å²) in [6.45, 7) is 4.27. The van der Waals surface area contributed by atoms with Crippen LogP contribution in [-0.2, 0) is 4.79 Å². The predicted octanol–water partition coefficient (Wildman–Crippen LogP) is 1.39. The number of rotatable bonds is 5. The highest BCUT2D eigenvalue weighted by atomic mass is 16.4. The van der Waals surface area contributed by atoms with E-state index in [2.05, 4.69) is 5.32 Å². The van der Waals surface area contributed by atoms with Crippen LogP contribution in [-0.4, -0.2) is 36.3 Å². The highest BCUT2D eigenvalue weighted by Crippen LogP contribution is 2.13. The molecule has 22 heavy (non-hydrogen) atoms. The summed E-state index contributed by atoms with van der Waals surface area (Å²) in [5.41, 5.74) is -0.335. The molecular formula is C16H18N2O4. The van der Waals surface area contributed by atoms with E-state index in [1.807, 2.05) is 0 Å². The fraction of sp³-hybridized carbons (Fsp3) is 0.312. The van der Waals surface area contributed by atoms with Crippen molar-refractivity contribution in [2.45, 2.75) is 13.8 Å². The molecule has 0 fully saturated rings. The van der Waals surface area contributed by atoms with Gasteiger partial charge in [-0.05, 0) is 26.0 Å². The fourth-order valence-electron chi connectivity index (χ4n) is 2.14. The Morgan fingerprint density at radius 1 is 1.23 bits per heavy atom. The maximum Gasteiger partial charge on any atom is 0.349 e. The normalized spacial score (nSPS) is 10.5. The van der Waals surface area contributed by atoms with Gasteiger partial charge in [0.05, 0.1) is 6.54 Å². The van der Waals surface area contributed by atoms with Gasteiger partial charge in [0, 0.05) is 18.5 Å². The van der Waals surface area contributed by atoms with Gasteiger partial charge in [0.2, 0.25) is 5.91 Å². The van der Waals surface area contributed by atoms with Crippen molar-refractivity contribution in [3.05, 3.63) is 46.3 Å². The largest absolute Gasteiger partial charge is 0.422 e. The number of benzene rings is 1. The molecule has 0 atom stereocenters. The second kappa shape index (κ2) is 6.89. The number of nitrogens with zero attached hydrogens (tertiary/aromatic N) is 1. The van der Waals surface area contributed by atoms with Crippen molar-refractivity contribution in [1.82, 2.24) is 10.2 Å². The van der Waals surface area contributed by atoms with Crippen LogP contribution >= 0.6 is 0 Å². The minimum atomic E-state index is -0.696. The van der Waals surface area contributed by atoms with Crippen LogP contribution in [0, 0.1) is 0 Å². The first-order valence-corrected chi connectivity index (χ1v) is 7.15. The maximum absolute atomic E-state index is 12.5. The molecule has 2 amide bonds. The van der Waals surface area contributed by atoms with Crippen LogP contribution < -0.4 is 10.9 Å². The van der Waals surface area contributed by atoms with E-state index >= 15 is 0 Å². The van der Waals surface area contributed by atoms with Crippen molar-refractivity contribution >= 4 is 22.8 Å². The van der Waals surface area contributed by atoms with Crippen LogP contribution in [0.25, 0.3) is 11.0 Å². The molecule has 2 aromatic rings. The van der Waals surface area contributed by atoms with Crippen LogP contribution in [0.2, 0.25) is 0 Å². The van der Waals surface area contributed by atoms with Gasteiger partial charge in [-0.2, -0.15) is 0 Å². The summed E-state index contributed by atoms with van der Waals surface area (Å²) in [7, 11) is 0. The average Bonchev–Trinajstić information content (AvgIpc) is 2.51. The van der Waals surface area contributed by atoms with Crippen molar-refractivity contribution in [2.75, 3.05) is 19.6 Å². The Morgan fingerprint density at radius 3 is 2.64 bits per heavy atom. The van der Waals surface area contributed by atoms with E-state index in [4.69, 9.17) is 4.42 Å². The van der Waals surface area contributed by atoms with E-state index < -0.39 is 11.5 Å². The number of hydrogen-bond donors (Lipinski definition) is 1. The number of likely N-dealkylation sites (N-methyl/N-ethyl adjacent to an activating group) is 2. The molecule has 1 aromatic carbocycles. The van der Waals surface area contributed by atoms with E-state index in [1.165, 1.54) is 11.0 Å². The highest BCUT2D eigenvalue weighted by molar-refractivity contribution is 5.98. The van der Waals surface area contributed by atoms with Crippen molar-refractivity contribution in [1.29, 1.82) is 0 Å². The zero-order valence-corrected chi connectivity index (χ0v) is 12.6. The molecule has 0 saturated carbocycles. The van der Waals surface area contributed by atoms with Crippen LogP contribution in [0.5, 0.6) is 0 Å². The van der Waals surface area contributed by atoms with Crippen LogP contribution in [0.1, 0.15) is 24.2 Å². The summed E-state index contributed by atoms with van der Waals surface area (Å²) < 4.78 is 5.16. The first kappa shape index (κ1) is 15.8. The summed E-state index contributed by atoms with van der Waals surface area (Å²) in [4.78, 5) is 37.4. The van der Waals surface area contributed by atoms with Crippen LogP contribution in [0.4, 0.5) is 0 Å². The average molecular weight is 302 g/mol. The van der Waals surface area contributed by atoms with E-state index in [9.17, 15) is 14.4 Å². The predicted molar refractivity (Wildman–Crippen MR) is 82.7 cm³/mol. The molecule has 0 bridgehead atoms. The lowest BCUT2D eigenvalue weighted by Gasteiger charge is -2.19. The second-order valence-electron chi connectivity index (χ2n) is 4.76. The van der Waals surface area contributed by atoms with Crippen LogP contribution in [0.3, 0.4) is 0 Å². The molecular weight excluding hydrogens is 284 g/mol. The van der Waals surface area contributed by atoms with Gasteiger partial charge >= 0.3 is 5.63 Å². The third kappa shape index (κ3) is 3.33. The van der Waals surface area contributed by atoms with E-state index in [0.717, 1.165) is 0 Å². The molecule has 1 aromatic heterocycles. The molecule has 116 valence electrons. The Morgan fingerprint density at radius 2 is 1.95 bits per heavy atom. The van der Waals surface area contributed by atoms with Gasteiger partial charge in [0.1, 0.15) is 11.1 Å². The lowest BCUT2D eigenvalue weighted by atomic mass is 10.1. The SMILES string of the molecule is CCNC(=O)CN(CC)C(=O)c1cc2ccccc2oc1=O. The van der Waals surface area contributed by atoms with Gasteiger partial charge in [-0.3, -0.25) is 9.59 Å². The zero-order valence-electron chi connectivity index (χ0n) is 12.6. The van der Waals surface area contributed by atoms with Gasteiger partial charge in [-0.1, -0.05) is 18.2 Å². The third-order valence-corrected chi connectivity index (χ3v) is 3.25. The number of fused-ring (bicyclic) bond motifs is 1.